The fourth-order valence-corrected chi connectivity index (χ4v) is 5.43. The molecule has 2 rings (SSSR count). The summed E-state index contributed by atoms with van der Waals surface area (Å²) in [6.45, 7) is 17.4. The minimum atomic E-state index is -0.475. The lowest BCUT2D eigenvalue weighted by atomic mass is 9.98. The molecule has 4 unspecified atom stereocenters. The molecule has 0 bridgehead atoms. The van der Waals surface area contributed by atoms with Gasteiger partial charge in [-0.3, -0.25) is 9.34 Å². The molecule has 2 fully saturated rings. The molecule has 2 aliphatic heterocycles. The summed E-state index contributed by atoms with van der Waals surface area (Å²) in [4.78, 5) is 0. The van der Waals surface area contributed by atoms with E-state index in [0.717, 1.165) is 12.8 Å². The molecule has 0 aromatic carbocycles. The van der Waals surface area contributed by atoms with Crippen LogP contribution < -0.4 is 0 Å². The van der Waals surface area contributed by atoms with E-state index in [1.807, 2.05) is 0 Å². The largest absolute Gasteiger partial charge is 0.372 e. The number of hydrogen-bond donors (Lipinski definition) is 0. The van der Waals surface area contributed by atoms with Gasteiger partial charge in [0.05, 0.1) is 36.6 Å². The summed E-state index contributed by atoms with van der Waals surface area (Å²) in [6, 6.07) is 0. The van der Waals surface area contributed by atoms with E-state index in [-0.39, 0.29) is 24.4 Å². The topological polar surface area (TPSA) is 43.4 Å². The Balaban J connectivity index is 0.000000300. The lowest BCUT2D eigenvalue weighted by Crippen LogP contribution is -2.28. The van der Waals surface area contributed by atoms with E-state index in [9.17, 15) is 0 Å². The molecule has 0 aromatic heterocycles. The van der Waals surface area contributed by atoms with Crippen molar-refractivity contribution in [1.82, 2.24) is 9.34 Å². The molecule has 0 spiro atoms. The summed E-state index contributed by atoms with van der Waals surface area (Å²) < 4.78 is 28.3. The predicted octanol–water partition coefficient (Wildman–Crippen LogP) is 5.42. The van der Waals surface area contributed by atoms with Crippen LogP contribution in [-0.4, -0.2) is 87.5 Å². The monoisotopic (exact) mass is 466 g/mol. The highest BCUT2D eigenvalue weighted by molar-refractivity contribution is 7.49. The molecule has 6 nitrogen and oxygen atoms in total. The molecule has 0 aliphatic carbocycles. The normalized spacial score (nSPS) is 38.6. The Bertz CT molecular complexity index is 444. The maximum absolute atomic E-state index is 6.12. The van der Waals surface area contributed by atoms with Gasteiger partial charge in [-0.05, 0) is 68.2 Å². The van der Waals surface area contributed by atoms with Gasteiger partial charge in [0.1, 0.15) is 16.6 Å². The molecule has 0 aromatic rings. The molecule has 2 heterocycles. The van der Waals surface area contributed by atoms with Crippen LogP contribution in [0.4, 0.5) is 0 Å². The fraction of sp³-hybridized carbons (Fsp3) is 1.00. The van der Waals surface area contributed by atoms with E-state index >= 15 is 0 Å². The van der Waals surface area contributed by atoms with Crippen molar-refractivity contribution in [2.75, 3.05) is 41.5 Å². The van der Waals surface area contributed by atoms with Crippen LogP contribution in [0.25, 0.3) is 0 Å². The average molecular weight is 467 g/mol. The molecule has 30 heavy (non-hydrogen) atoms. The Kier molecular flexibility index (Phi) is 12.8. The smallest absolute Gasteiger partial charge is 0.101 e. The van der Waals surface area contributed by atoms with Gasteiger partial charge in [0.25, 0.3) is 0 Å². The molecule has 0 saturated carbocycles. The highest BCUT2D eigenvalue weighted by atomic mass is 31.2. The van der Waals surface area contributed by atoms with E-state index in [4.69, 9.17) is 18.5 Å². The number of ether oxygens (including phenoxy) is 2. The van der Waals surface area contributed by atoms with E-state index in [1.54, 1.807) is 0 Å². The van der Waals surface area contributed by atoms with E-state index < -0.39 is 16.6 Å². The molecule has 2 saturated heterocycles. The third-order valence-electron chi connectivity index (χ3n) is 6.51. The molecule has 0 radical (unpaired) electrons. The van der Waals surface area contributed by atoms with E-state index in [1.165, 1.54) is 0 Å². The van der Waals surface area contributed by atoms with E-state index in [0.29, 0.717) is 24.0 Å². The third-order valence-corrected chi connectivity index (χ3v) is 9.86. The Morgan fingerprint density at radius 3 is 1.20 bits per heavy atom. The number of nitrogens with zero attached hydrogens (tertiary/aromatic N) is 2. The first-order valence-corrected chi connectivity index (χ1v) is 14.7. The highest BCUT2D eigenvalue weighted by Crippen LogP contribution is 2.43. The lowest BCUT2D eigenvalue weighted by Gasteiger charge is -2.27. The van der Waals surface area contributed by atoms with Gasteiger partial charge in [-0.1, -0.05) is 27.7 Å². The zero-order chi connectivity index (χ0) is 23.2. The zero-order valence-electron chi connectivity index (χ0n) is 21.5. The van der Waals surface area contributed by atoms with E-state index in [2.05, 4.69) is 92.4 Å². The summed E-state index contributed by atoms with van der Waals surface area (Å²) in [7, 11) is 7.31. The van der Waals surface area contributed by atoms with Gasteiger partial charge in [-0.2, -0.15) is 0 Å². The van der Waals surface area contributed by atoms with Gasteiger partial charge in [-0.15, -0.1) is 0 Å². The van der Waals surface area contributed by atoms with Crippen LogP contribution in [0.15, 0.2) is 0 Å². The first-order chi connectivity index (χ1) is 13.9. The standard InChI is InChI=1S/2C11H24NO2P/c2*1-7-10-11(8(2)9(3)13-10)14-15(6)12(4)5/h2*8-11H,7H2,1-6H3/t2*8?,9-,10+,11+,15?/m00/s1. The van der Waals surface area contributed by atoms with Gasteiger partial charge in [0.15, 0.2) is 0 Å². The second kappa shape index (κ2) is 13.4. The maximum atomic E-state index is 6.12. The average Bonchev–Trinajstić information content (AvgIpc) is 3.12. The Morgan fingerprint density at radius 1 is 0.667 bits per heavy atom. The second-order valence-corrected chi connectivity index (χ2v) is 12.9. The Labute approximate surface area is 189 Å². The zero-order valence-corrected chi connectivity index (χ0v) is 23.2. The second-order valence-electron chi connectivity index (χ2n) is 9.06. The summed E-state index contributed by atoms with van der Waals surface area (Å²) >= 11 is 0. The lowest BCUT2D eigenvalue weighted by molar-refractivity contribution is 0.0228. The maximum Gasteiger partial charge on any atom is 0.101 e. The van der Waals surface area contributed by atoms with Crippen LogP contribution in [0.5, 0.6) is 0 Å². The molecular formula is C22H48N2O4P2. The highest BCUT2D eigenvalue weighted by Gasteiger charge is 2.41. The molecule has 2 aliphatic rings. The summed E-state index contributed by atoms with van der Waals surface area (Å²) in [5, 5.41) is 0. The van der Waals surface area contributed by atoms with Crippen molar-refractivity contribution in [2.24, 2.45) is 11.8 Å². The van der Waals surface area contributed by atoms with Gasteiger partial charge in [0.2, 0.25) is 0 Å². The van der Waals surface area contributed by atoms with Crippen molar-refractivity contribution in [3.8, 4) is 0 Å². The predicted molar refractivity (Wildman–Crippen MR) is 130 cm³/mol. The fourth-order valence-electron chi connectivity index (χ4n) is 3.69. The van der Waals surface area contributed by atoms with Crippen molar-refractivity contribution in [1.29, 1.82) is 0 Å². The summed E-state index contributed by atoms with van der Waals surface area (Å²) in [5.41, 5.74) is 0. The molecule has 10 atom stereocenters. The molecule has 0 N–H and O–H groups in total. The SMILES string of the molecule is CC[C@H]1O[C@@H](C)C(C)[C@H]1OP(C)N(C)C.CC[C@H]1O[C@@H](C)C(C)[C@H]1OP(C)N(C)C. The minimum Gasteiger partial charge on any atom is -0.372 e. The Hall–Kier alpha value is 0.620. The van der Waals surface area contributed by atoms with Crippen LogP contribution in [0.2, 0.25) is 0 Å². The quantitative estimate of drug-likeness (QED) is 0.445. The van der Waals surface area contributed by atoms with Crippen molar-refractivity contribution < 1.29 is 18.5 Å². The van der Waals surface area contributed by atoms with Crippen LogP contribution in [0.1, 0.15) is 54.4 Å². The number of rotatable bonds is 8. The van der Waals surface area contributed by atoms with Crippen molar-refractivity contribution >= 4 is 16.6 Å². The molecular weight excluding hydrogens is 418 g/mol. The van der Waals surface area contributed by atoms with Crippen LogP contribution in [-0.2, 0) is 18.5 Å². The van der Waals surface area contributed by atoms with Gasteiger partial charge >= 0.3 is 0 Å². The number of hydrogen-bond acceptors (Lipinski definition) is 6. The van der Waals surface area contributed by atoms with Crippen molar-refractivity contribution in [2.45, 2.75) is 91.0 Å². The van der Waals surface area contributed by atoms with Crippen LogP contribution in [0, 0.1) is 11.8 Å². The van der Waals surface area contributed by atoms with Gasteiger partial charge in [0, 0.05) is 11.8 Å². The summed E-state index contributed by atoms with van der Waals surface area (Å²) in [5.74, 6) is 1.000. The molecule has 8 heteroatoms. The summed E-state index contributed by atoms with van der Waals surface area (Å²) in [6.07, 6.45) is 3.81. The van der Waals surface area contributed by atoms with Gasteiger partial charge in [-0.25, -0.2) is 0 Å². The molecule has 0 amide bonds. The minimum absolute atomic E-state index is 0.267. The molecule has 180 valence electrons. The van der Waals surface area contributed by atoms with Crippen LogP contribution in [0.3, 0.4) is 0 Å². The van der Waals surface area contributed by atoms with Gasteiger partial charge < -0.3 is 18.5 Å². The van der Waals surface area contributed by atoms with Crippen molar-refractivity contribution in [3.05, 3.63) is 0 Å². The Morgan fingerprint density at radius 2 is 0.967 bits per heavy atom. The first-order valence-electron chi connectivity index (χ1n) is 11.4. The van der Waals surface area contributed by atoms with Crippen molar-refractivity contribution in [3.63, 3.8) is 0 Å². The third kappa shape index (κ3) is 7.89. The first kappa shape index (κ1) is 28.7. The van der Waals surface area contributed by atoms with Crippen LogP contribution >= 0.6 is 16.6 Å².